The quantitative estimate of drug-likeness (QED) is 0.700. The molecule has 2 heteroatoms. The number of benzene rings is 1. The molecule has 12 heavy (non-hydrogen) atoms. The number of aliphatic hydroxyl groups is 1. The summed E-state index contributed by atoms with van der Waals surface area (Å²) in [6, 6.07) is 9.79. The Balaban J connectivity index is 2.53. The maximum atomic E-state index is 9.16. The normalized spacial score (nSPS) is 15.6. The van der Waals surface area contributed by atoms with Gasteiger partial charge in [0.25, 0.3) is 0 Å². The average molecular weight is 165 g/mol. The molecule has 2 nitrogen and oxygen atoms in total. The average Bonchev–Trinajstić information content (AvgIpc) is 2.06. The molecule has 0 amide bonds. The van der Waals surface area contributed by atoms with Crippen molar-refractivity contribution in [3.63, 3.8) is 0 Å². The summed E-state index contributed by atoms with van der Waals surface area (Å²) in [5.74, 6) is 0. The van der Waals surface area contributed by atoms with Crippen LogP contribution >= 0.6 is 0 Å². The first-order valence-electron chi connectivity index (χ1n) is 4.17. The van der Waals surface area contributed by atoms with Crippen LogP contribution in [0.4, 0.5) is 0 Å². The molecule has 0 aromatic heterocycles. The number of hydrogen-bond donors (Lipinski definition) is 2. The summed E-state index contributed by atoms with van der Waals surface area (Å²) < 4.78 is 0. The molecule has 0 fully saturated rings. The van der Waals surface area contributed by atoms with Crippen molar-refractivity contribution in [3.8, 4) is 0 Å². The van der Waals surface area contributed by atoms with Crippen LogP contribution in [0.1, 0.15) is 12.5 Å². The van der Waals surface area contributed by atoms with Gasteiger partial charge < -0.3 is 10.8 Å². The second kappa shape index (κ2) is 4.24. The molecule has 1 aromatic rings. The minimum Gasteiger partial charge on any atom is -0.392 e. The molecule has 1 aromatic carbocycles. The Kier molecular flexibility index (Phi) is 3.26. The molecule has 0 unspecified atom stereocenters. The van der Waals surface area contributed by atoms with Crippen LogP contribution in [0.5, 0.6) is 0 Å². The molecular weight excluding hydrogens is 150 g/mol. The van der Waals surface area contributed by atoms with Crippen LogP contribution in [0, 0.1) is 0 Å². The summed E-state index contributed by atoms with van der Waals surface area (Å²) >= 11 is 0. The molecule has 0 spiro atoms. The Hall–Kier alpha value is -0.860. The minimum absolute atomic E-state index is 0.160. The van der Waals surface area contributed by atoms with Gasteiger partial charge in [-0.25, -0.2) is 0 Å². The molecule has 3 N–H and O–H groups in total. The maximum Gasteiger partial charge on any atom is 0.0666 e. The van der Waals surface area contributed by atoms with Crippen molar-refractivity contribution < 1.29 is 5.11 Å². The molecule has 0 aliphatic rings. The van der Waals surface area contributed by atoms with Gasteiger partial charge in [0.15, 0.2) is 0 Å². The summed E-state index contributed by atoms with van der Waals surface area (Å²) in [7, 11) is 0. The third kappa shape index (κ3) is 2.64. The number of aliphatic hydroxyl groups excluding tert-OH is 1. The van der Waals surface area contributed by atoms with Gasteiger partial charge >= 0.3 is 0 Å². The summed E-state index contributed by atoms with van der Waals surface area (Å²) in [6.07, 6.45) is 0.295. The highest BCUT2D eigenvalue weighted by Gasteiger charge is 2.08. The van der Waals surface area contributed by atoms with E-state index in [0.29, 0.717) is 0 Å². The topological polar surface area (TPSA) is 46.2 Å². The molecule has 66 valence electrons. The number of nitrogens with two attached hydrogens (primary N) is 1. The third-order valence-electron chi connectivity index (χ3n) is 1.93. The molecule has 0 aliphatic carbocycles. The van der Waals surface area contributed by atoms with Gasteiger partial charge in [-0.1, -0.05) is 30.3 Å². The number of hydrogen-bond acceptors (Lipinski definition) is 2. The summed E-state index contributed by atoms with van der Waals surface area (Å²) in [6.45, 7) is 1.72. The summed E-state index contributed by atoms with van der Waals surface area (Å²) in [5.41, 5.74) is 6.87. The van der Waals surface area contributed by atoms with Crippen molar-refractivity contribution in [1.82, 2.24) is 0 Å². The lowest BCUT2D eigenvalue weighted by Gasteiger charge is -2.13. The van der Waals surface area contributed by atoms with E-state index in [2.05, 4.69) is 0 Å². The van der Waals surface area contributed by atoms with Crippen LogP contribution in [0.2, 0.25) is 0 Å². The highest BCUT2D eigenvalue weighted by molar-refractivity contribution is 5.15. The molecule has 2 atom stereocenters. The molecular formula is C10H15NO. The maximum absolute atomic E-state index is 9.16. The minimum atomic E-state index is -0.440. The van der Waals surface area contributed by atoms with Crippen molar-refractivity contribution in [3.05, 3.63) is 35.9 Å². The van der Waals surface area contributed by atoms with Crippen LogP contribution < -0.4 is 5.73 Å². The fourth-order valence-electron chi connectivity index (χ4n) is 1.06. The zero-order valence-corrected chi connectivity index (χ0v) is 7.27. The molecule has 0 heterocycles. The smallest absolute Gasteiger partial charge is 0.0666 e. The van der Waals surface area contributed by atoms with Crippen LogP contribution in [0.15, 0.2) is 30.3 Å². The van der Waals surface area contributed by atoms with E-state index in [-0.39, 0.29) is 6.04 Å². The van der Waals surface area contributed by atoms with Crippen molar-refractivity contribution in [1.29, 1.82) is 0 Å². The SMILES string of the molecule is C[C@H](O)[C@H](N)Cc1ccccc1. The lowest BCUT2D eigenvalue weighted by Crippen LogP contribution is -2.34. The predicted molar refractivity (Wildman–Crippen MR) is 49.8 cm³/mol. The zero-order valence-electron chi connectivity index (χ0n) is 7.27. The molecule has 0 aliphatic heterocycles. The van der Waals surface area contributed by atoms with Crippen LogP contribution in [0.3, 0.4) is 0 Å². The van der Waals surface area contributed by atoms with Crippen molar-refractivity contribution in [2.75, 3.05) is 0 Å². The Bertz CT molecular complexity index is 221. The highest BCUT2D eigenvalue weighted by Crippen LogP contribution is 2.03. The van der Waals surface area contributed by atoms with Crippen LogP contribution in [-0.2, 0) is 6.42 Å². The van der Waals surface area contributed by atoms with Gasteiger partial charge in [0.05, 0.1) is 6.10 Å². The van der Waals surface area contributed by atoms with E-state index in [1.165, 1.54) is 5.56 Å². The Morgan fingerprint density at radius 3 is 2.42 bits per heavy atom. The van der Waals surface area contributed by atoms with Gasteiger partial charge in [-0.05, 0) is 18.9 Å². The molecule has 1 rings (SSSR count). The van der Waals surface area contributed by atoms with Crippen molar-refractivity contribution >= 4 is 0 Å². The van der Waals surface area contributed by atoms with E-state index in [1.54, 1.807) is 6.92 Å². The summed E-state index contributed by atoms with van der Waals surface area (Å²) in [5, 5.41) is 9.16. The van der Waals surface area contributed by atoms with Gasteiger partial charge in [-0.2, -0.15) is 0 Å². The first-order chi connectivity index (χ1) is 5.70. The van der Waals surface area contributed by atoms with Gasteiger partial charge in [-0.15, -0.1) is 0 Å². The van der Waals surface area contributed by atoms with Crippen molar-refractivity contribution in [2.24, 2.45) is 5.73 Å². The lowest BCUT2D eigenvalue weighted by molar-refractivity contribution is 0.163. The van der Waals surface area contributed by atoms with E-state index in [4.69, 9.17) is 10.8 Å². The Labute approximate surface area is 73.0 Å². The monoisotopic (exact) mass is 165 g/mol. The lowest BCUT2D eigenvalue weighted by atomic mass is 10.0. The van der Waals surface area contributed by atoms with E-state index >= 15 is 0 Å². The first kappa shape index (κ1) is 9.23. The molecule has 0 bridgehead atoms. The Morgan fingerprint density at radius 1 is 1.33 bits per heavy atom. The van der Waals surface area contributed by atoms with E-state index in [9.17, 15) is 0 Å². The van der Waals surface area contributed by atoms with E-state index in [1.807, 2.05) is 30.3 Å². The second-order valence-corrected chi connectivity index (χ2v) is 3.09. The fraction of sp³-hybridized carbons (Fsp3) is 0.400. The standard InChI is InChI=1S/C10H15NO/c1-8(12)10(11)7-9-5-3-2-4-6-9/h2-6,8,10,12H,7,11H2,1H3/t8-,10+/m0/s1. The largest absolute Gasteiger partial charge is 0.392 e. The number of rotatable bonds is 3. The Morgan fingerprint density at radius 2 is 1.92 bits per heavy atom. The third-order valence-corrected chi connectivity index (χ3v) is 1.93. The van der Waals surface area contributed by atoms with Gasteiger partial charge in [0.1, 0.15) is 0 Å². The molecule has 0 radical (unpaired) electrons. The fourth-order valence-corrected chi connectivity index (χ4v) is 1.06. The van der Waals surface area contributed by atoms with Crippen LogP contribution in [-0.4, -0.2) is 17.3 Å². The zero-order chi connectivity index (χ0) is 8.97. The van der Waals surface area contributed by atoms with Gasteiger partial charge in [0, 0.05) is 6.04 Å². The predicted octanol–water partition coefficient (Wildman–Crippen LogP) is 0.937. The van der Waals surface area contributed by atoms with E-state index < -0.39 is 6.10 Å². The molecule has 0 saturated heterocycles. The van der Waals surface area contributed by atoms with Gasteiger partial charge in [-0.3, -0.25) is 0 Å². The first-order valence-corrected chi connectivity index (χ1v) is 4.17. The van der Waals surface area contributed by atoms with Crippen molar-refractivity contribution in [2.45, 2.75) is 25.5 Å². The van der Waals surface area contributed by atoms with Crippen LogP contribution in [0.25, 0.3) is 0 Å². The second-order valence-electron chi connectivity index (χ2n) is 3.09. The van der Waals surface area contributed by atoms with Gasteiger partial charge in [0.2, 0.25) is 0 Å². The summed E-state index contributed by atoms with van der Waals surface area (Å²) in [4.78, 5) is 0. The molecule has 0 saturated carbocycles. The van der Waals surface area contributed by atoms with E-state index in [0.717, 1.165) is 6.42 Å². The highest BCUT2D eigenvalue weighted by atomic mass is 16.3.